The van der Waals surface area contributed by atoms with Gasteiger partial charge in [0.15, 0.2) is 0 Å². The number of carbonyl (C=O) groups excluding carboxylic acids is 1. The van der Waals surface area contributed by atoms with Gasteiger partial charge in [-0.05, 0) is 37.0 Å². The molecule has 1 saturated heterocycles. The summed E-state index contributed by atoms with van der Waals surface area (Å²) in [4.78, 5) is 14.1. The first-order valence-electron chi connectivity index (χ1n) is 7.45. The van der Waals surface area contributed by atoms with E-state index < -0.39 is 0 Å². The summed E-state index contributed by atoms with van der Waals surface area (Å²) in [5, 5.41) is 11.7. The van der Waals surface area contributed by atoms with E-state index in [0.717, 1.165) is 30.8 Å². The van der Waals surface area contributed by atoms with E-state index in [4.69, 9.17) is 5.11 Å². The van der Waals surface area contributed by atoms with Crippen LogP contribution in [0.25, 0.3) is 0 Å². The third-order valence-corrected chi connectivity index (χ3v) is 3.53. The summed E-state index contributed by atoms with van der Waals surface area (Å²) in [6.45, 7) is 3.89. The van der Waals surface area contributed by atoms with Gasteiger partial charge in [-0.3, -0.25) is 0 Å². The molecule has 0 radical (unpaired) electrons. The molecule has 0 spiro atoms. The summed E-state index contributed by atoms with van der Waals surface area (Å²) in [6, 6.07) is 7.44. The van der Waals surface area contributed by atoms with Crippen molar-refractivity contribution in [3.8, 4) is 11.8 Å². The van der Waals surface area contributed by atoms with Crippen molar-refractivity contribution in [2.24, 2.45) is 5.92 Å². The summed E-state index contributed by atoms with van der Waals surface area (Å²) in [5.41, 5.74) is 1.60. The quantitative estimate of drug-likeness (QED) is 0.821. The molecule has 1 aliphatic heterocycles. The third-order valence-electron chi connectivity index (χ3n) is 3.53. The number of carbonyl (C=O) groups is 1. The Morgan fingerprint density at radius 1 is 1.52 bits per heavy atom. The van der Waals surface area contributed by atoms with Crippen molar-refractivity contribution < 1.29 is 9.90 Å². The van der Waals surface area contributed by atoms with Gasteiger partial charge < -0.3 is 15.3 Å². The number of rotatable bonds is 2. The fourth-order valence-corrected chi connectivity index (χ4v) is 2.47. The van der Waals surface area contributed by atoms with Gasteiger partial charge >= 0.3 is 6.03 Å². The van der Waals surface area contributed by atoms with Gasteiger partial charge in [0, 0.05) is 30.8 Å². The Morgan fingerprint density at radius 2 is 2.38 bits per heavy atom. The average molecular weight is 286 g/mol. The molecule has 1 aromatic rings. The maximum atomic E-state index is 12.2. The molecule has 1 fully saturated rings. The Labute approximate surface area is 126 Å². The number of benzene rings is 1. The van der Waals surface area contributed by atoms with E-state index in [0.29, 0.717) is 12.3 Å². The lowest BCUT2D eigenvalue weighted by molar-refractivity contribution is 0.182. The lowest BCUT2D eigenvalue weighted by Gasteiger charge is -2.30. The fourth-order valence-electron chi connectivity index (χ4n) is 2.47. The smallest absolute Gasteiger partial charge is 0.321 e. The molecule has 1 aliphatic rings. The van der Waals surface area contributed by atoms with Crippen LogP contribution in [0.15, 0.2) is 24.3 Å². The maximum absolute atomic E-state index is 12.2. The molecule has 1 unspecified atom stereocenters. The van der Waals surface area contributed by atoms with Crippen molar-refractivity contribution in [3.63, 3.8) is 0 Å². The van der Waals surface area contributed by atoms with Crippen LogP contribution < -0.4 is 5.32 Å². The SMILES string of the molecule is CC1CCCN(C(=O)Nc2cccc(C#CCCO)c2)C1. The van der Waals surface area contributed by atoms with Gasteiger partial charge in [0.2, 0.25) is 0 Å². The topological polar surface area (TPSA) is 52.6 Å². The number of nitrogens with one attached hydrogen (secondary N) is 1. The van der Waals surface area contributed by atoms with Crippen molar-refractivity contribution in [1.82, 2.24) is 4.90 Å². The number of piperidine rings is 1. The number of likely N-dealkylation sites (tertiary alicyclic amines) is 1. The van der Waals surface area contributed by atoms with E-state index in [1.165, 1.54) is 6.42 Å². The third kappa shape index (κ3) is 4.80. The van der Waals surface area contributed by atoms with Gasteiger partial charge in [0.05, 0.1) is 6.61 Å². The normalized spacial score (nSPS) is 17.8. The van der Waals surface area contributed by atoms with Crippen molar-refractivity contribution in [2.45, 2.75) is 26.2 Å². The molecule has 4 nitrogen and oxygen atoms in total. The Hall–Kier alpha value is -1.99. The molecule has 0 bridgehead atoms. The van der Waals surface area contributed by atoms with Crippen LogP contribution in [0.4, 0.5) is 10.5 Å². The number of urea groups is 1. The summed E-state index contributed by atoms with van der Waals surface area (Å²) >= 11 is 0. The number of aliphatic hydroxyl groups excluding tert-OH is 1. The van der Waals surface area contributed by atoms with E-state index >= 15 is 0 Å². The highest BCUT2D eigenvalue weighted by molar-refractivity contribution is 5.89. The van der Waals surface area contributed by atoms with E-state index in [-0.39, 0.29) is 12.6 Å². The number of hydrogen-bond donors (Lipinski definition) is 2. The van der Waals surface area contributed by atoms with E-state index in [1.54, 1.807) is 0 Å². The highest BCUT2D eigenvalue weighted by atomic mass is 16.2. The molecule has 4 heteroatoms. The Kier molecular flexibility index (Phi) is 5.65. The summed E-state index contributed by atoms with van der Waals surface area (Å²) in [5.74, 6) is 6.42. The largest absolute Gasteiger partial charge is 0.395 e. The van der Waals surface area contributed by atoms with Crippen molar-refractivity contribution in [1.29, 1.82) is 0 Å². The Bertz CT molecular complexity index is 545. The van der Waals surface area contributed by atoms with Crippen molar-refractivity contribution in [2.75, 3.05) is 25.0 Å². The molecular formula is C17H22N2O2. The average Bonchev–Trinajstić information content (AvgIpc) is 2.48. The fraction of sp³-hybridized carbons (Fsp3) is 0.471. The Morgan fingerprint density at radius 3 is 3.14 bits per heavy atom. The molecule has 1 atom stereocenters. The van der Waals surface area contributed by atoms with Gasteiger partial charge in [-0.25, -0.2) is 4.79 Å². The van der Waals surface area contributed by atoms with Gasteiger partial charge in [-0.15, -0.1) is 0 Å². The zero-order valence-corrected chi connectivity index (χ0v) is 12.4. The highest BCUT2D eigenvalue weighted by Crippen LogP contribution is 2.17. The molecule has 1 heterocycles. The second-order valence-electron chi connectivity index (χ2n) is 5.48. The molecule has 2 N–H and O–H groups in total. The number of hydrogen-bond acceptors (Lipinski definition) is 2. The van der Waals surface area contributed by atoms with Gasteiger partial charge in [0.25, 0.3) is 0 Å². The molecule has 21 heavy (non-hydrogen) atoms. The van der Waals surface area contributed by atoms with Crippen LogP contribution in [0.2, 0.25) is 0 Å². The van der Waals surface area contributed by atoms with Gasteiger partial charge in [-0.1, -0.05) is 24.8 Å². The molecule has 2 rings (SSSR count). The Balaban J connectivity index is 1.97. The predicted molar refractivity (Wildman–Crippen MR) is 84.0 cm³/mol. The minimum Gasteiger partial charge on any atom is -0.395 e. The summed E-state index contributed by atoms with van der Waals surface area (Å²) < 4.78 is 0. The van der Waals surface area contributed by atoms with Crippen LogP contribution in [0, 0.1) is 17.8 Å². The van der Waals surface area contributed by atoms with Gasteiger partial charge in [-0.2, -0.15) is 0 Å². The zero-order valence-electron chi connectivity index (χ0n) is 12.4. The van der Waals surface area contributed by atoms with E-state index in [1.807, 2.05) is 29.2 Å². The first-order valence-corrected chi connectivity index (χ1v) is 7.45. The first kappa shape index (κ1) is 15.4. The van der Waals surface area contributed by atoms with Crippen LogP contribution >= 0.6 is 0 Å². The summed E-state index contributed by atoms with van der Waals surface area (Å²) in [6.07, 6.45) is 2.73. The van der Waals surface area contributed by atoms with Crippen LogP contribution in [-0.2, 0) is 0 Å². The maximum Gasteiger partial charge on any atom is 0.321 e. The minimum absolute atomic E-state index is 0.0398. The lowest BCUT2D eigenvalue weighted by Crippen LogP contribution is -2.41. The van der Waals surface area contributed by atoms with Crippen molar-refractivity contribution in [3.05, 3.63) is 29.8 Å². The molecule has 0 aliphatic carbocycles. The predicted octanol–water partition coefficient (Wildman–Crippen LogP) is 2.68. The van der Waals surface area contributed by atoms with E-state index in [2.05, 4.69) is 24.1 Å². The monoisotopic (exact) mass is 286 g/mol. The lowest BCUT2D eigenvalue weighted by atomic mass is 10.0. The van der Waals surface area contributed by atoms with Crippen LogP contribution in [0.1, 0.15) is 31.7 Å². The first-order chi connectivity index (χ1) is 10.2. The number of nitrogens with zero attached hydrogens (tertiary/aromatic N) is 1. The molecule has 0 aromatic heterocycles. The summed E-state index contributed by atoms with van der Waals surface area (Å²) in [7, 11) is 0. The van der Waals surface area contributed by atoms with Crippen molar-refractivity contribution >= 4 is 11.7 Å². The number of anilines is 1. The highest BCUT2D eigenvalue weighted by Gasteiger charge is 2.20. The van der Waals surface area contributed by atoms with Crippen LogP contribution in [-0.4, -0.2) is 35.7 Å². The molecule has 1 aromatic carbocycles. The number of amides is 2. The second-order valence-corrected chi connectivity index (χ2v) is 5.48. The van der Waals surface area contributed by atoms with Crippen LogP contribution in [0.3, 0.4) is 0 Å². The molecule has 0 saturated carbocycles. The standard InChI is InChI=1S/C17H22N2O2/c1-14-6-5-10-19(13-14)17(21)18-16-9-4-8-15(12-16)7-2-3-11-20/h4,8-9,12,14,20H,3,5-6,10-11,13H2,1H3,(H,18,21). The van der Waals surface area contributed by atoms with Gasteiger partial charge in [0.1, 0.15) is 0 Å². The minimum atomic E-state index is -0.0398. The molecule has 112 valence electrons. The number of aliphatic hydroxyl groups is 1. The molecule has 2 amide bonds. The van der Waals surface area contributed by atoms with Crippen LogP contribution in [0.5, 0.6) is 0 Å². The zero-order chi connectivity index (χ0) is 15.1. The molecular weight excluding hydrogens is 264 g/mol. The van der Waals surface area contributed by atoms with E-state index in [9.17, 15) is 4.79 Å². The second kappa shape index (κ2) is 7.70.